The average Bonchev–Trinajstić information content (AvgIpc) is 3.68. The monoisotopic (exact) mass is 826 g/mol. The molecule has 65 heavy (non-hydrogen) atoms. The Hall–Kier alpha value is -8.46. The molecule has 11 aromatic rings. The van der Waals surface area contributed by atoms with Gasteiger partial charge in [-0.25, -0.2) is 0 Å². The maximum Gasteiger partial charge on any atom is 0.0714 e. The van der Waals surface area contributed by atoms with Crippen LogP contribution >= 0.6 is 0 Å². The molecule has 0 aromatic heterocycles. The fourth-order valence-electron chi connectivity index (χ4n) is 11.0. The normalized spacial score (nSPS) is 13.0. The Morgan fingerprint density at radius 2 is 0.877 bits per heavy atom. The van der Waals surface area contributed by atoms with Gasteiger partial charge in [0.2, 0.25) is 0 Å². The zero-order valence-electron chi connectivity index (χ0n) is 35.6. The minimum absolute atomic E-state index is 0.484. The molecule has 0 saturated carbocycles. The van der Waals surface area contributed by atoms with Gasteiger partial charge in [-0.05, 0) is 115 Å². The van der Waals surface area contributed by atoms with Crippen molar-refractivity contribution in [1.29, 1.82) is 0 Å². The highest BCUT2D eigenvalue weighted by molar-refractivity contribution is 6.18. The van der Waals surface area contributed by atoms with Gasteiger partial charge < -0.3 is 9.80 Å². The van der Waals surface area contributed by atoms with Crippen LogP contribution in [-0.4, -0.2) is 0 Å². The largest absolute Gasteiger partial charge is 0.310 e. The molecule has 0 unspecified atom stereocenters. The van der Waals surface area contributed by atoms with Gasteiger partial charge >= 0.3 is 0 Å². The molecule has 1 heterocycles. The van der Waals surface area contributed by atoms with Crippen molar-refractivity contribution in [2.75, 3.05) is 9.80 Å². The van der Waals surface area contributed by atoms with Crippen LogP contribution in [0.5, 0.6) is 0 Å². The van der Waals surface area contributed by atoms with E-state index < -0.39 is 5.41 Å². The molecule has 0 saturated heterocycles. The highest BCUT2D eigenvalue weighted by Gasteiger charge is 2.46. The van der Waals surface area contributed by atoms with E-state index in [2.05, 4.69) is 265 Å². The standard InChI is InChI=1S/C63H42N2/c1-4-19-47(20-5-1)63(48-21-6-2-7-22-48)58-28-13-12-26-54(58)55-41-39-52(42-59(55)63)64(49-23-8-3-9-24-49)50-35-30-43(31-36-50)44-32-37-51(38-33-44)65-60-29-15-18-46-17-14-27-56(61(46)60)57-40-34-45-16-10-11-25-53(45)62(57)65/h1-42H. The highest BCUT2D eigenvalue weighted by Crippen LogP contribution is 2.58. The SMILES string of the molecule is c1ccc(N(c2ccc(-c3ccc(N4c5c(ccc6ccccc56)-c5cccc6cccc4c56)cc3)cc2)c2ccc3c(c2)C(c2ccccc2)(c2ccccc2)c2ccccc2-3)cc1. The molecule has 1 aliphatic carbocycles. The summed E-state index contributed by atoms with van der Waals surface area (Å²) < 4.78 is 0. The van der Waals surface area contributed by atoms with E-state index in [0.29, 0.717) is 0 Å². The van der Waals surface area contributed by atoms with E-state index in [0.717, 1.165) is 22.7 Å². The number of nitrogens with zero attached hydrogens (tertiary/aromatic N) is 2. The van der Waals surface area contributed by atoms with Crippen LogP contribution in [0.1, 0.15) is 22.3 Å². The molecular formula is C63H42N2. The molecule has 0 radical (unpaired) electrons. The Labute approximate surface area is 379 Å². The fourth-order valence-corrected chi connectivity index (χ4v) is 11.0. The van der Waals surface area contributed by atoms with Crippen LogP contribution in [0.15, 0.2) is 255 Å². The van der Waals surface area contributed by atoms with Crippen LogP contribution < -0.4 is 9.80 Å². The number of para-hydroxylation sites is 1. The van der Waals surface area contributed by atoms with Crippen LogP contribution in [0.3, 0.4) is 0 Å². The molecule has 2 nitrogen and oxygen atoms in total. The molecule has 0 spiro atoms. The zero-order chi connectivity index (χ0) is 42.9. The van der Waals surface area contributed by atoms with E-state index in [1.165, 1.54) is 88.6 Å². The molecule has 0 N–H and O–H groups in total. The topological polar surface area (TPSA) is 6.48 Å². The van der Waals surface area contributed by atoms with E-state index in [9.17, 15) is 0 Å². The van der Waals surface area contributed by atoms with Crippen LogP contribution in [0.2, 0.25) is 0 Å². The van der Waals surface area contributed by atoms with Crippen molar-refractivity contribution in [3.8, 4) is 33.4 Å². The maximum absolute atomic E-state index is 2.47. The summed E-state index contributed by atoms with van der Waals surface area (Å²) in [6.45, 7) is 0. The molecule has 2 heteroatoms. The first-order chi connectivity index (χ1) is 32.3. The average molecular weight is 827 g/mol. The van der Waals surface area contributed by atoms with Crippen LogP contribution in [0.25, 0.3) is 54.9 Å². The number of fused-ring (bicyclic) bond motifs is 7. The number of rotatable bonds is 7. The molecule has 0 atom stereocenters. The Morgan fingerprint density at radius 3 is 1.62 bits per heavy atom. The second kappa shape index (κ2) is 14.8. The number of benzene rings is 11. The lowest BCUT2D eigenvalue weighted by Gasteiger charge is -2.35. The third-order valence-corrected chi connectivity index (χ3v) is 13.8. The summed E-state index contributed by atoms with van der Waals surface area (Å²) in [6.07, 6.45) is 0. The minimum Gasteiger partial charge on any atom is -0.310 e. The molecule has 0 bridgehead atoms. The van der Waals surface area contributed by atoms with Crippen molar-refractivity contribution < 1.29 is 0 Å². The van der Waals surface area contributed by atoms with E-state index >= 15 is 0 Å². The first-order valence-electron chi connectivity index (χ1n) is 22.5. The zero-order valence-corrected chi connectivity index (χ0v) is 35.6. The summed E-state index contributed by atoms with van der Waals surface area (Å²) in [7, 11) is 0. The molecule has 0 amide bonds. The highest BCUT2D eigenvalue weighted by atomic mass is 15.2. The van der Waals surface area contributed by atoms with Gasteiger partial charge in [-0.3, -0.25) is 0 Å². The lowest BCUT2D eigenvalue weighted by molar-refractivity contribution is 0.768. The second-order valence-electron chi connectivity index (χ2n) is 17.2. The smallest absolute Gasteiger partial charge is 0.0714 e. The number of anilines is 6. The third kappa shape index (κ3) is 5.67. The van der Waals surface area contributed by atoms with Gasteiger partial charge in [0.1, 0.15) is 0 Å². The van der Waals surface area contributed by atoms with Gasteiger partial charge in [-0.2, -0.15) is 0 Å². The van der Waals surface area contributed by atoms with E-state index in [4.69, 9.17) is 0 Å². The van der Waals surface area contributed by atoms with Gasteiger partial charge in [0, 0.05) is 39.1 Å². The molecule has 2 aliphatic rings. The Bertz CT molecular complexity index is 3530. The number of hydrogen-bond acceptors (Lipinski definition) is 2. The molecule has 1 aliphatic heterocycles. The number of hydrogen-bond donors (Lipinski definition) is 0. The first kappa shape index (κ1) is 37.1. The summed E-state index contributed by atoms with van der Waals surface area (Å²) in [5.74, 6) is 0. The van der Waals surface area contributed by atoms with E-state index in [1.54, 1.807) is 0 Å². The van der Waals surface area contributed by atoms with Gasteiger partial charge in [0.05, 0.1) is 16.8 Å². The quantitative estimate of drug-likeness (QED) is 0.158. The molecule has 13 rings (SSSR count). The van der Waals surface area contributed by atoms with Crippen molar-refractivity contribution in [2.24, 2.45) is 0 Å². The Kier molecular flexibility index (Phi) is 8.47. The summed E-state index contributed by atoms with van der Waals surface area (Å²) in [5.41, 5.74) is 19.0. The van der Waals surface area contributed by atoms with Crippen molar-refractivity contribution in [3.05, 3.63) is 277 Å². The predicted molar refractivity (Wildman–Crippen MR) is 273 cm³/mol. The van der Waals surface area contributed by atoms with Gasteiger partial charge in [-0.1, -0.05) is 200 Å². The lowest BCUT2D eigenvalue weighted by Crippen LogP contribution is -2.28. The van der Waals surface area contributed by atoms with Gasteiger partial charge in [-0.15, -0.1) is 0 Å². The molecule has 11 aromatic carbocycles. The fraction of sp³-hybridized carbons (Fsp3) is 0.0159. The first-order valence-corrected chi connectivity index (χ1v) is 22.5. The van der Waals surface area contributed by atoms with Crippen molar-refractivity contribution in [2.45, 2.75) is 5.41 Å². The van der Waals surface area contributed by atoms with Crippen molar-refractivity contribution >= 4 is 55.7 Å². The summed E-state index contributed by atoms with van der Waals surface area (Å²) in [6, 6.07) is 93.7. The molecule has 0 fully saturated rings. The lowest BCUT2D eigenvalue weighted by atomic mass is 9.67. The van der Waals surface area contributed by atoms with Crippen molar-refractivity contribution in [3.63, 3.8) is 0 Å². The molecule has 304 valence electrons. The third-order valence-electron chi connectivity index (χ3n) is 13.8. The van der Waals surface area contributed by atoms with Crippen LogP contribution in [0.4, 0.5) is 34.1 Å². The summed E-state index contributed by atoms with van der Waals surface area (Å²) in [4.78, 5) is 4.87. The maximum atomic E-state index is 2.47. The second-order valence-corrected chi connectivity index (χ2v) is 17.2. The molecular weight excluding hydrogens is 785 g/mol. The van der Waals surface area contributed by atoms with Crippen molar-refractivity contribution in [1.82, 2.24) is 0 Å². The summed E-state index contributed by atoms with van der Waals surface area (Å²) >= 11 is 0. The Balaban J connectivity index is 0.906. The van der Waals surface area contributed by atoms with Gasteiger partial charge in [0.15, 0.2) is 0 Å². The van der Waals surface area contributed by atoms with Crippen LogP contribution in [-0.2, 0) is 5.41 Å². The summed E-state index contributed by atoms with van der Waals surface area (Å²) in [5, 5.41) is 5.03. The van der Waals surface area contributed by atoms with E-state index in [-0.39, 0.29) is 0 Å². The minimum atomic E-state index is -0.484. The predicted octanol–water partition coefficient (Wildman–Crippen LogP) is 16.9. The van der Waals surface area contributed by atoms with Crippen LogP contribution in [0, 0.1) is 0 Å². The van der Waals surface area contributed by atoms with Gasteiger partial charge in [0.25, 0.3) is 0 Å². The van der Waals surface area contributed by atoms with E-state index in [1.807, 2.05) is 0 Å². The Morgan fingerprint density at radius 1 is 0.338 bits per heavy atom.